The van der Waals surface area contributed by atoms with E-state index in [1.807, 2.05) is 0 Å². The van der Waals surface area contributed by atoms with E-state index in [4.69, 9.17) is 0 Å². The van der Waals surface area contributed by atoms with Gasteiger partial charge in [-0.25, -0.2) is 0 Å². The Labute approximate surface area is 132 Å². The molecule has 2 aromatic rings. The zero-order chi connectivity index (χ0) is 18.0. The highest BCUT2D eigenvalue weighted by Crippen LogP contribution is 2.30. The van der Waals surface area contributed by atoms with Crippen molar-refractivity contribution in [3.63, 3.8) is 0 Å². The van der Waals surface area contributed by atoms with Crippen molar-refractivity contribution in [1.82, 2.24) is 5.43 Å². The van der Waals surface area contributed by atoms with Crippen LogP contribution in [-0.2, 0) is 12.4 Å². The highest BCUT2D eigenvalue weighted by molar-refractivity contribution is 5.94. The molecule has 9 heteroatoms. The molecule has 1 amide bonds. The molecule has 0 atom stereocenters. The Kier molecular flexibility index (Phi) is 4.72. The molecule has 0 fully saturated rings. The Morgan fingerprint density at radius 3 is 1.54 bits per heavy atom. The Balaban J connectivity index is 1.98. The van der Waals surface area contributed by atoms with Gasteiger partial charge >= 0.3 is 12.4 Å². The van der Waals surface area contributed by atoms with Gasteiger partial charge in [0.1, 0.15) is 0 Å². The molecular formula is C15H10F6N2O. The second-order valence-corrected chi connectivity index (χ2v) is 4.73. The van der Waals surface area contributed by atoms with Gasteiger partial charge in [-0.2, -0.15) is 26.3 Å². The molecule has 0 aliphatic heterocycles. The molecule has 2 N–H and O–H groups in total. The van der Waals surface area contributed by atoms with E-state index in [0.717, 1.165) is 48.5 Å². The number of rotatable bonds is 3. The number of amides is 1. The minimum Gasteiger partial charge on any atom is -0.298 e. The molecule has 3 nitrogen and oxygen atoms in total. The lowest BCUT2D eigenvalue weighted by Gasteiger charge is -2.11. The SMILES string of the molecule is O=C(NNc1ccc(C(F)(F)F)cc1)c1ccc(C(F)(F)F)cc1. The number of halogens is 6. The summed E-state index contributed by atoms with van der Waals surface area (Å²) in [6.45, 7) is 0. The third kappa shape index (κ3) is 4.40. The van der Waals surface area contributed by atoms with Crippen LogP contribution in [0.15, 0.2) is 48.5 Å². The average Bonchev–Trinajstić information content (AvgIpc) is 2.51. The van der Waals surface area contributed by atoms with Gasteiger partial charge in [-0.05, 0) is 48.5 Å². The number of alkyl halides is 6. The highest BCUT2D eigenvalue weighted by Gasteiger charge is 2.30. The first-order chi connectivity index (χ1) is 11.1. The third-order valence-corrected chi connectivity index (χ3v) is 3.01. The van der Waals surface area contributed by atoms with Gasteiger partial charge in [-0.15, -0.1) is 0 Å². The van der Waals surface area contributed by atoms with Crippen LogP contribution in [0.1, 0.15) is 21.5 Å². The van der Waals surface area contributed by atoms with Crippen LogP contribution in [-0.4, -0.2) is 5.91 Å². The Morgan fingerprint density at radius 1 is 0.708 bits per heavy atom. The van der Waals surface area contributed by atoms with Crippen LogP contribution in [0.2, 0.25) is 0 Å². The van der Waals surface area contributed by atoms with Gasteiger partial charge in [0, 0.05) is 5.56 Å². The number of carbonyl (C=O) groups excluding carboxylic acids is 1. The van der Waals surface area contributed by atoms with Crippen LogP contribution in [0.5, 0.6) is 0 Å². The largest absolute Gasteiger partial charge is 0.416 e. The van der Waals surface area contributed by atoms with Crippen molar-refractivity contribution in [1.29, 1.82) is 0 Å². The lowest BCUT2D eigenvalue weighted by molar-refractivity contribution is -0.138. The summed E-state index contributed by atoms with van der Waals surface area (Å²) in [4.78, 5) is 11.8. The summed E-state index contributed by atoms with van der Waals surface area (Å²) in [5.74, 6) is -0.733. The lowest BCUT2D eigenvalue weighted by Crippen LogP contribution is -2.29. The normalized spacial score (nSPS) is 11.9. The van der Waals surface area contributed by atoms with Gasteiger partial charge in [0.15, 0.2) is 0 Å². The molecule has 128 valence electrons. The highest BCUT2D eigenvalue weighted by atomic mass is 19.4. The third-order valence-electron chi connectivity index (χ3n) is 3.01. The molecule has 0 radical (unpaired) electrons. The van der Waals surface area contributed by atoms with E-state index in [0.29, 0.717) is 0 Å². The number of carbonyl (C=O) groups is 1. The number of hydrazine groups is 1. The van der Waals surface area contributed by atoms with Crippen molar-refractivity contribution in [2.24, 2.45) is 0 Å². The molecule has 2 aromatic carbocycles. The molecule has 0 aromatic heterocycles. The van der Waals surface area contributed by atoms with Crippen molar-refractivity contribution < 1.29 is 31.1 Å². The molecule has 0 heterocycles. The van der Waals surface area contributed by atoms with Crippen LogP contribution in [0, 0.1) is 0 Å². The van der Waals surface area contributed by atoms with Gasteiger partial charge in [-0.3, -0.25) is 15.6 Å². The zero-order valence-electron chi connectivity index (χ0n) is 11.8. The molecule has 0 bridgehead atoms. The van der Waals surface area contributed by atoms with Gasteiger partial charge in [-0.1, -0.05) is 0 Å². The average molecular weight is 348 g/mol. The van der Waals surface area contributed by atoms with Crippen molar-refractivity contribution in [3.05, 3.63) is 65.2 Å². The van der Waals surface area contributed by atoms with E-state index in [1.165, 1.54) is 0 Å². The molecular weight excluding hydrogens is 338 g/mol. The number of hydrogen-bond acceptors (Lipinski definition) is 2. The minimum absolute atomic E-state index is 0.0394. The summed E-state index contributed by atoms with van der Waals surface area (Å²) in [5, 5.41) is 0. The Bertz CT molecular complexity index is 705. The quantitative estimate of drug-likeness (QED) is 0.634. The summed E-state index contributed by atoms with van der Waals surface area (Å²) in [6.07, 6.45) is -8.98. The first kappa shape index (κ1) is 17.6. The first-order valence-corrected chi connectivity index (χ1v) is 6.48. The van der Waals surface area contributed by atoms with Crippen LogP contribution in [0.25, 0.3) is 0 Å². The molecule has 0 aliphatic carbocycles. The predicted octanol–water partition coefficient (Wildman–Crippen LogP) is 4.48. The fourth-order valence-electron chi connectivity index (χ4n) is 1.75. The maximum atomic E-state index is 12.4. The molecule has 0 unspecified atom stereocenters. The monoisotopic (exact) mass is 348 g/mol. The molecule has 0 spiro atoms. The lowest BCUT2D eigenvalue weighted by atomic mass is 10.1. The predicted molar refractivity (Wildman–Crippen MR) is 74.0 cm³/mol. The molecule has 0 aliphatic rings. The maximum absolute atomic E-state index is 12.4. The molecule has 0 saturated carbocycles. The van der Waals surface area contributed by atoms with E-state index in [1.54, 1.807) is 0 Å². The van der Waals surface area contributed by atoms with Crippen molar-refractivity contribution in [2.45, 2.75) is 12.4 Å². The van der Waals surface area contributed by atoms with Crippen LogP contribution in [0.4, 0.5) is 32.0 Å². The van der Waals surface area contributed by atoms with E-state index >= 15 is 0 Å². The number of nitrogens with one attached hydrogen (secondary N) is 2. The fourth-order valence-corrected chi connectivity index (χ4v) is 1.75. The van der Waals surface area contributed by atoms with Crippen molar-refractivity contribution >= 4 is 11.6 Å². The summed E-state index contributed by atoms with van der Waals surface area (Å²) in [5.41, 5.74) is 2.96. The van der Waals surface area contributed by atoms with E-state index < -0.39 is 29.4 Å². The van der Waals surface area contributed by atoms with Crippen LogP contribution >= 0.6 is 0 Å². The van der Waals surface area contributed by atoms with Crippen LogP contribution in [0.3, 0.4) is 0 Å². The van der Waals surface area contributed by atoms with E-state index in [2.05, 4.69) is 10.9 Å². The molecule has 0 saturated heterocycles. The topological polar surface area (TPSA) is 41.1 Å². The Morgan fingerprint density at radius 2 is 1.12 bits per heavy atom. The molecule has 2 rings (SSSR count). The van der Waals surface area contributed by atoms with E-state index in [-0.39, 0.29) is 11.3 Å². The standard InChI is InChI=1S/C15H10F6N2O/c16-14(17,18)10-3-1-9(2-4-10)13(24)23-22-12-7-5-11(6-8-12)15(19,20)21/h1-8,22H,(H,23,24). The van der Waals surface area contributed by atoms with Crippen LogP contribution < -0.4 is 10.9 Å². The molecule has 24 heavy (non-hydrogen) atoms. The number of benzene rings is 2. The fraction of sp³-hybridized carbons (Fsp3) is 0.133. The van der Waals surface area contributed by atoms with Gasteiger partial charge in [0.25, 0.3) is 5.91 Å². The summed E-state index contributed by atoms with van der Waals surface area (Å²) < 4.78 is 74.4. The maximum Gasteiger partial charge on any atom is 0.416 e. The van der Waals surface area contributed by atoms with Crippen molar-refractivity contribution in [3.8, 4) is 0 Å². The smallest absolute Gasteiger partial charge is 0.298 e. The first-order valence-electron chi connectivity index (χ1n) is 6.48. The summed E-state index contributed by atoms with van der Waals surface area (Å²) in [6, 6.07) is 7.37. The van der Waals surface area contributed by atoms with E-state index in [9.17, 15) is 31.1 Å². The van der Waals surface area contributed by atoms with Gasteiger partial charge in [0.05, 0.1) is 16.8 Å². The van der Waals surface area contributed by atoms with Gasteiger partial charge in [0.2, 0.25) is 0 Å². The number of hydrogen-bond donors (Lipinski definition) is 2. The summed E-state index contributed by atoms with van der Waals surface area (Å²) >= 11 is 0. The van der Waals surface area contributed by atoms with Gasteiger partial charge < -0.3 is 0 Å². The second-order valence-electron chi connectivity index (χ2n) is 4.73. The Hall–Kier alpha value is -2.71. The number of anilines is 1. The zero-order valence-corrected chi connectivity index (χ0v) is 11.8. The van der Waals surface area contributed by atoms with Crippen molar-refractivity contribution in [2.75, 3.05) is 5.43 Å². The minimum atomic E-state index is -4.51. The second kappa shape index (κ2) is 6.42. The summed E-state index contributed by atoms with van der Waals surface area (Å²) in [7, 11) is 0.